The maximum absolute atomic E-state index is 13.2. The number of nitrogens with zero attached hydrogens (tertiary/aromatic N) is 6. The van der Waals surface area contributed by atoms with E-state index in [1.807, 2.05) is 0 Å². The van der Waals surface area contributed by atoms with Crippen molar-refractivity contribution in [3.63, 3.8) is 0 Å². The van der Waals surface area contributed by atoms with Gasteiger partial charge in [0.1, 0.15) is 5.82 Å². The van der Waals surface area contributed by atoms with Crippen molar-refractivity contribution in [2.45, 2.75) is 24.6 Å². The molecule has 1 amide bonds. The summed E-state index contributed by atoms with van der Waals surface area (Å²) in [4.78, 5) is 13.3. The first-order valence-electron chi connectivity index (χ1n) is 8.75. The van der Waals surface area contributed by atoms with Crippen LogP contribution in [0.4, 0.5) is 23.4 Å². The fraction of sp³-hybridized carbons (Fsp3) is 0.353. The van der Waals surface area contributed by atoms with Gasteiger partial charge in [0.2, 0.25) is 0 Å². The molecule has 1 aromatic carbocycles. The van der Waals surface area contributed by atoms with Gasteiger partial charge >= 0.3 is 12.1 Å². The van der Waals surface area contributed by atoms with Gasteiger partial charge in [-0.3, -0.25) is 4.79 Å². The number of anilines is 1. The van der Waals surface area contributed by atoms with Gasteiger partial charge in [0.05, 0.1) is 6.04 Å². The highest BCUT2D eigenvalue weighted by Crippen LogP contribution is 2.31. The van der Waals surface area contributed by atoms with Crippen LogP contribution in [0.25, 0.3) is 5.65 Å². The number of hydrogen-bond acceptors (Lipinski definition) is 6. The summed E-state index contributed by atoms with van der Waals surface area (Å²) in [6, 6.07) is 7.98. The van der Waals surface area contributed by atoms with E-state index in [0.717, 1.165) is 0 Å². The summed E-state index contributed by atoms with van der Waals surface area (Å²) >= 11 is 0. The standard InChI is InChI=1S/C17H15F4N7O/c18-11-3-1-10(2-4-11)12-7-8-27(9-13(12)22-16(29)17(19,20)21)15-6-5-14-23-25-26-28(14)24-15/h1-6,12-13H,7-9H2,(H,22,29). The van der Waals surface area contributed by atoms with E-state index in [4.69, 9.17) is 0 Å². The number of nitrogens with one attached hydrogen (secondary N) is 1. The molecule has 1 N–H and O–H groups in total. The minimum absolute atomic E-state index is 0.0878. The molecule has 2 atom stereocenters. The summed E-state index contributed by atoms with van der Waals surface area (Å²) in [5, 5.41) is 17.3. The van der Waals surface area contributed by atoms with E-state index in [0.29, 0.717) is 30.0 Å². The topological polar surface area (TPSA) is 88.3 Å². The van der Waals surface area contributed by atoms with E-state index >= 15 is 0 Å². The molecule has 2 aromatic heterocycles. The molecule has 8 nitrogen and oxygen atoms in total. The fourth-order valence-electron chi connectivity index (χ4n) is 3.47. The summed E-state index contributed by atoms with van der Waals surface area (Å²) in [5.74, 6) is -2.40. The number of piperidine rings is 1. The van der Waals surface area contributed by atoms with Crippen LogP contribution in [0.3, 0.4) is 0 Å². The normalized spacial score (nSPS) is 20.1. The van der Waals surface area contributed by atoms with Gasteiger partial charge in [-0.2, -0.15) is 13.2 Å². The van der Waals surface area contributed by atoms with Gasteiger partial charge < -0.3 is 10.2 Å². The van der Waals surface area contributed by atoms with Gasteiger partial charge in [-0.1, -0.05) is 12.1 Å². The molecule has 2 unspecified atom stereocenters. The quantitative estimate of drug-likeness (QED) is 0.663. The van der Waals surface area contributed by atoms with Gasteiger partial charge in [-0.25, -0.2) is 4.39 Å². The second-order valence-corrected chi connectivity index (χ2v) is 6.69. The van der Waals surface area contributed by atoms with Crippen molar-refractivity contribution in [3.05, 3.63) is 47.8 Å². The number of carbonyl (C=O) groups is 1. The maximum Gasteiger partial charge on any atom is 0.471 e. The molecule has 0 radical (unpaired) electrons. The molecule has 0 bridgehead atoms. The van der Waals surface area contributed by atoms with E-state index in [9.17, 15) is 22.4 Å². The van der Waals surface area contributed by atoms with Crippen LogP contribution in [0.5, 0.6) is 0 Å². The molecule has 1 aliphatic heterocycles. The second kappa shape index (κ2) is 7.26. The fourth-order valence-corrected chi connectivity index (χ4v) is 3.47. The zero-order valence-corrected chi connectivity index (χ0v) is 14.8. The molecular formula is C17H15F4N7O. The monoisotopic (exact) mass is 409 g/mol. The lowest BCUT2D eigenvalue weighted by Gasteiger charge is -2.39. The Labute approximate surface area is 161 Å². The number of hydrogen-bond donors (Lipinski definition) is 1. The number of alkyl halides is 3. The highest BCUT2D eigenvalue weighted by Gasteiger charge is 2.42. The first kappa shape index (κ1) is 19.0. The van der Waals surface area contributed by atoms with E-state index in [1.165, 1.54) is 28.9 Å². The average Bonchev–Trinajstić information content (AvgIpc) is 3.16. The first-order valence-corrected chi connectivity index (χ1v) is 8.75. The smallest absolute Gasteiger partial charge is 0.353 e. The first-order chi connectivity index (χ1) is 13.8. The highest BCUT2D eigenvalue weighted by atomic mass is 19.4. The van der Waals surface area contributed by atoms with Gasteiger partial charge in [0.25, 0.3) is 0 Å². The molecule has 152 valence electrons. The lowest BCUT2D eigenvalue weighted by Crippen LogP contribution is -2.54. The minimum atomic E-state index is -5.00. The Bertz CT molecular complexity index is 1020. The lowest BCUT2D eigenvalue weighted by molar-refractivity contribution is -0.174. The maximum atomic E-state index is 13.2. The Balaban J connectivity index is 1.61. The van der Waals surface area contributed by atoms with Gasteiger partial charge in [-0.05, 0) is 46.7 Å². The number of carbonyl (C=O) groups excluding carboxylic acids is 1. The number of rotatable bonds is 3. The van der Waals surface area contributed by atoms with Gasteiger partial charge in [0, 0.05) is 19.0 Å². The van der Waals surface area contributed by atoms with Gasteiger partial charge in [0.15, 0.2) is 11.5 Å². The van der Waals surface area contributed by atoms with Crippen molar-refractivity contribution < 1.29 is 22.4 Å². The average molecular weight is 409 g/mol. The van der Waals surface area contributed by atoms with Crippen LogP contribution < -0.4 is 10.2 Å². The second-order valence-electron chi connectivity index (χ2n) is 6.69. The van der Waals surface area contributed by atoms with Crippen molar-refractivity contribution >= 4 is 17.4 Å². The zero-order chi connectivity index (χ0) is 20.6. The van der Waals surface area contributed by atoms with Crippen LogP contribution in [0, 0.1) is 5.82 Å². The molecular weight excluding hydrogens is 394 g/mol. The molecule has 3 aromatic rings. The Morgan fingerprint density at radius 2 is 1.90 bits per heavy atom. The number of amides is 1. The van der Waals surface area contributed by atoms with E-state index < -0.39 is 29.9 Å². The predicted molar refractivity (Wildman–Crippen MR) is 92.5 cm³/mol. The third kappa shape index (κ3) is 3.96. The summed E-state index contributed by atoms with van der Waals surface area (Å²) in [7, 11) is 0. The van der Waals surface area contributed by atoms with Crippen molar-refractivity contribution in [3.8, 4) is 0 Å². The van der Waals surface area contributed by atoms with Crippen LogP contribution in [0.1, 0.15) is 17.9 Å². The molecule has 29 heavy (non-hydrogen) atoms. The lowest BCUT2D eigenvalue weighted by atomic mass is 9.85. The Morgan fingerprint density at radius 1 is 1.14 bits per heavy atom. The largest absolute Gasteiger partial charge is 0.471 e. The van der Waals surface area contributed by atoms with Crippen LogP contribution in [0.2, 0.25) is 0 Å². The zero-order valence-electron chi connectivity index (χ0n) is 14.8. The van der Waals surface area contributed by atoms with Crippen molar-refractivity contribution in [1.82, 2.24) is 30.6 Å². The Hall–Kier alpha value is -3.31. The third-order valence-electron chi connectivity index (χ3n) is 4.86. The highest BCUT2D eigenvalue weighted by molar-refractivity contribution is 5.82. The van der Waals surface area contributed by atoms with Crippen molar-refractivity contribution in [2.75, 3.05) is 18.0 Å². The SMILES string of the molecule is O=C(NC1CN(c2ccc3nnnn3n2)CCC1c1ccc(F)cc1)C(F)(F)F. The van der Waals surface area contributed by atoms with E-state index in [-0.39, 0.29) is 6.54 Å². The van der Waals surface area contributed by atoms with E-state index in [2.05, 4.69) is 25.9 Å². The molecule has 3 heterocycles. The molecule has 1 saturated heterocycles. The Kier molecular flexibility index (Phi) is 4.76. The molecule has 1 aliphatic rings. The molecule has 0 saturated carbocycles. The van der Waals surface area contributed by atoms with Crippen LogP contribution in [-0.4, -0.2) is 56.5 Å². The molecule has 0 aliphatic carbocycles. The predicted octanol–water partition coefficient (Wildman–Crippen LogP) is 1.70. The van der Waals surface area contributed by atoms with Crippen LogP contribution in [-0.2, 0) is 4.79 Å². The Morgan fingerprint density at radius 3 is 2.62 bits per heavy atom. The number of fused-ring (bicyclic) bond motifs is 1. The van der Waals surface area contributed by atoms with E-state index in [1.54, 1.807) is 17.0 Å². The molecule has 4 rings (SSSR count). The summed E-state index contributed by atoms with van der Waals surface area (Å²) in [6.07, 6.45) is -4.57. The number of halogens is 4. The molecule has 0 spiro atoms. The summed E-state index contributed by atoms with van der Waals surface area (Å²) < 4.78 is 53.0. The van der Waals surface area contributed by atoms with Gasteiger partial charge in [-0.15, -0.1) is 14.8 Å². The number of aromatic nitrogens is 5. The number of tetrazole rings is 1. The number of benzene rings is 1. The minimum Gasteiger partial charge on any atom is -0.353 e. The molecule has 12 heteroatoms. The third-order valence-corrected chi connectivity index (χ3v) is 4.86. The van der Waals surface area contributed by atoms with Crippen molar-refractivity contribution in [2.24, 2.45) is 0 Å². The van der Waals surface area contributed by atoms with Crippen molar-refractivity contribution in [1.29, 1.82) is 0 Å². The summed E-state index contributed by atoms with van der Waals surface area (Å²) in [5.41, 5.74) is 1.08. The van der Waals surface area contributed by atoms with Crippen LogP contribution in [0.15, 0.2) is 36.4 Å². The molecule has 1 fully saturated rings. The van der Waals surface area contributed by atoms with Crippen LogP contribution >= 0.6 is 0 Å². The summed E-state index contributed by atoms with van der Waals surface area (Å²) in [6.45, 7) is 0.561.